The molecule has 1 aromatic heterocycles. The van der Waals surface area contributed by atoms with E-state index in [0.29, 0.717) is 23.6 Å². The summed E-state index contributed by atoms with van der Waals surface area (Å²) in [5, 5.41) is 12.1. The molecule has 0 amide bonds. The fourth-order valence-corrected chi connectivity index (χ4v) is 2.12. The molecule has 100 valence electrons. The molecule has 0 aromatic carbocycles. The Kier molecular flexibility index (Phi) is 5.13. The molecule has 4 nitrogen and oxygen atoms in total. The number of nitrogens with zero attached hydrogens (tertiary/aromatic N) is 1. The second-order valence-corrected chi connectivity index (χ2v) is 5.27. The summed E-state index contributed by atoms with van der Waals surface area (Å²) in [7, 11) is 0. The number of aromatic carboxylic acids is 1. The molecule has 4 heteroatoms. The van der Waals surface area contributed by atoms with E-state index in [4.69, 9.17) is 5.11 Å². The van der Waals surface area contributed by atoms with Crippen LogP contribution in [-0.4, -0.2) is 22.6 Å². The molecule has 0 aliphatic heterocycles. The summed E-state index contributed by atoms with van der Waals surface area (Å²) in [6.45, 7) is 9.62. The van der Waals surface area contributed by atoms with Crippen molar-refractivity contribution in [1.82, 2.24) is 4.98 Å². The SMILES string of the molecule is CC(C)C(CNc1cc(C(=O)O)ccn1)C(C)C. The van der Waals surface area contributed by atoms with E-state index in [0.717, 1.165) is 6.54 Å². The molecule has 0 aliphatic rings. The monoisotopic (exact) mass is 250 g/mol. The molecule has 0 saturated carbocycles. The van der Waals surface area contributed by atoms with Crippen LogP contribution in [-0.2, 0) is 0 Å². The Bertz CT molecular complexity index is 395. The molecule has 1 aromatic rings. The van der Waals surface area contributed by atoms with Gasteiger partial charge in [-0.05, 0) is 29.9 Å². The van der Waals surface area contributed by atoms with Crippen molar-refractivity contribution in [3.8, 4) is 0 Å². The lowest BCUT2D eigenvalue weighted by molar-refractivity contribution is 0.0697. The predicted octanol–water partition coefficient (Wildman–Crippen LogP) is 3.12. The molecular weight excluding hydrogens is 228 g/mol. The number of carboxylic acids is 1. The maximum atomic E-state index is 10.9. The second kappa shape index (κ2) is 6.38. The van der Waals surface area contributed by atoms with Crippen LogP contribution in [0.3, 0.4) is 0 Å². The van der Waals surface area contributed by atoms with E-state index in [-0.39, 0.29) is 5.56 Å². The van der Waals surface area contributed by atoms with Crippen LogP contribution in [0.15, 0.2) is 18.3 Å². The van der Waals surface area contributed by atoms with Gasteiger partial charge in [-0.25, -0.2) is 9.78 Å². The largest absolute Gasteiger partial charge is 0.478 e. The first-order valence-electron chi connectivity index (χ1n) is 6.35. The van der Waals surface area contributed by atoms with Gasteiger partial charge in [0, 0.05) is 12.7 Å². The Morgan fingerprint density at radius 1 is 1.33 bits per heavy atom. The molecule has 1 heterocycles. The van der Waals surface area contributed by atoms with E-state index in [1.165, 1.54) is 12.3 Å². The Labute approximate surface area is 108 Å². The highest BCUT2D eigenvalue weighted by molar-refractivity contribution is 5.88. The van der Waals surface area contributed by atoms with Crippen LogP contribution in [0.4, 0.5) is 5.82 Å². The van der Waals surface area contributed by atoms with Gasteiger partial charge in [-0.15, -0.1) is 0 Å². The smallest absolute Gasteiger partial charge is 0.335 e. The zero-order valence-electron chi connectivity index (χ0n) is 11.5. The number of hydrogen-bond acceptors (Lipinski definition) is 3. The van der Waals surface area contributed by atoms with Crippen LogP contribution in [0, 0.1) is 17.8 Å². The third-order valence-electron chi connectivity index (χ3n) is 3.24. The van der Waals surface area contributed by atoms with Crippen molar-refractivity contribution < 1.29 is 9.90 Å². The van der Waals surface area contributed by atoms with Crippen LogP contribution >= 0.6 is 0 Å². The number of pyridine rings is 1. The average molecular weight is 250 g/mol. The minimum atomic E-state index is -0.926. The highest BCUT2D eigenvalue weighted by Gasteiger charge is 2.17. The number of hydrogen-bond donors (Lipinski definition) is 2. The lowest BCUT2D eigenvalue weighted by atomic mass is 9.85. The minimum absolute atomic E-state index is 0.262. The summed E-state index contributed by atoms with van der Waals surface area (Å²) in [5.74, 6) is 1.41. The molecule has 0 radical (unpaired) electrons. The zero-order chi connectivity index (χ0) is 13.7. The van der Waals surface area contributed by atoms with Crippen molar-refractivity contribution in [2.45, 2.75) is 27.7 Å². The van der Waals surface area contributed by atoms with Crippen molar-refractivity contribution >= 4 is 11.8 Å². The quantitative estimate of drug-likeness (QED) is 0.814. The van der Waals surface area contributed by atoms with Gasteiger partial charge in [0.1, 0.15) is 5.82 Å². The van der Waals surface area contributed by atoms with Crippen molar-refractivity contribution in [1.29, 1.82) is 0 Å². The number of carboxylic acid groups (broad SMARTS) is 1. The summed E-state index contributed by atoms with van der Waals surface area (Å²) >= 11 is 0. The van der Waals surface area contributed by atoms with E-state index in [2.05, 4.69) is 38.0 Å². The van der Waals surface area contributed by atoms with Gasteiger partial charge in [-0.3, -0.25) is 0 Å². The highest BCUT2D eigenvalue weighted by atomic mass is 16.4. The van der Waals surface area contributed by atoms with Crippen LogP contribution in [0.25, 0.3) is 0 Å². The average Bonchev–Trinajstić information content (AvgIpc) is 2.28. The summed E-state index contributed by atoms with van der Waals surface area (Å²) in [4.78, 5) is 15.0. The number of carbonyl (C=O) groups is 1. The molecule has 2 N–H and O–H groups in total. The Morgan fingerprint density at radius 3 is 2.44 bits per heavy atom. The van der Waals surface area contributed by atoms with Gasteiger partial charge in [0.05, 0.1) is 5.56 Å². The molecule has 0 aliphatic carbocycles. The Balaban J connectivity index is 2.67. The fraction of sp³-hybridized carbons (Fsp3) is 0.571. The third-order valence-corrected chi connectivity index (χ3v) is 3.24. The minimum Gasteiger partial charge on any atom is -0.478 e. The summed E-state index contributed by atoms with van der Waals surface area (Å²) < 4.78 is 0. The molecule has 0 spiro atoms. The van der Waals surface area contributed by atoms with Crippen molar-refractivity contribution in [2.24, 2.45) is 17.8 Å². The van der Waals surface area contributed by atoms with Crippen LogP contribution in [0.2, 0.25) is 0 Å². The van der Waals surface area contributed by atoms with Gasteiger partial charge in [-0.1, -0.05) is 27.7 Å². The Hall–Kier alpha value is -1.58. The third kappa shape index (κ3) is 4.02. The molecule has 0 bridgehead atoms. The van der Waals surface area contributed by atoms with Crippen LogP contribution in [0.1, 0.15) is 38.1 Å². The summed E-state index contributed by atoms with van der Waals surface area (Å²) in [5.41, 5.74) is 0.262. The first-order chi connectivity index (χ1) is 8.41. The normalized spacial score (nSPS) is 11.3. The summed E-state index contributed by atoms with van der Waals surface area (Å²) in [6.07, 6.45) is 1.52. The zero-order valence-corrected chi connectivity index (χ0v) is 11.5. The van der Waals surface area contributed by atoms with Gasteiger partial charge in [0.25, 0.3) is 0 Å². The number of aromatic nitrogens is 1. The maximum Gasteiger partial charge on any atom is 0.335 e. The van der Waals surface area contributed by atoms with E-state index >= 15 is 0 Å². The van der Waals surface area contributed by atoms with Gasteiger partial charge in [0.2, 0.25) is 0 Å². The van der Waals surface area contributed by atoms with Gasteiger partial charge >= 0.3 is 5.97 Å². The standard InChI is InChI=1S/C14H22N2O2/c1-9(2)12(10(3)4)8-16-13-7-11(14(17)18)5-6-15-13/h5-7,9-10,12H,8H2,1-4H3,(H,15,16)(H,17,18). The summed E-state index contributed by atoms with van der Waals surface area (Å²) in [6, 6.07) is 3.07. The number of nitrogens with one attached hydrogen (secondary N) is 1. The van der Waals surface area contributed by atoms with Crippen molar-refractivity contribution in [3.05, 3.63) is 23.9 Å². The van der Waals surface area contributed by atoms with Gasteiger partial charge in [-0.2, -0.15) is 0 Å². The first-order valence-corrected chi connectivity index (χ1v) is 6.35. The predicted molar refractivity (Wildman–Crippen MR) is 72.9 cm³/mol. The van der Waals surface area contributed by atoms with Crippen molar-refractivity contribution in [3.63, 3.8) is 0 Å². The fourth-order valence-electron chi connectivity index (χ4n) is 2.12. The molecule has 18 heavy (non-hydrogen) atoms. The second-order valence-electron chi connectivity index (χ2n) is 5.27. The van der Waals surface area contributed by atoms with E-state index < -0.39 is 5.97 Å². The lowest BCUT2D eigenvalue weighted by Gasteiger charge is -2.25. The first kappa shape index (κ1) is 14.5. The molecule has 0 atom stereocenters. The van der Waals surface area contributed by atoms with Gasteiger partial charge in [0.15, 0.2) is 0 Å². The number of rotatable bonds is 6. The molecule has 0 fully saturated rings. The van der Waals surface area contributed by atoms with Crippen molar-refractivity contribution in [2.75, 3.05) is 11.9 Å². The van der Waals surface area contributed by atoms with E-state index in [9.17, 15) is 4.79 Å². The molecule has 1 rings (SSSR count). The van der Waals surface area contributed by atoms with Crippen LogP contribution in [0.5, 0.6) is 0 Å². The molecule has 0 saturated heterocycles. The molecular formula is C14H22N2O2. The van der Waals surface area contributed by atoms with E-state index in [1.54, 1.807) is 6.07 Å². The Morgan fingerprint density at radius 2 is 1.94 bits per heavy atom. The maximum absolute atomic E-state index is 10.9. The highest BCUT2D eigenvalue weighted by Crippen LogP contribution is 2.21. The van der Waals surface area contributed by atoms with E-state index in [1.807, 2.05) is 0 Å². The number of anilines is 1. The molecule has 0 unspecified atom stereocenters. The lowest BCUT2D eigenvalue weighted by Crippen LogP contribution is -2.24. The van der Waals surface area contributed by atoms with Crippen LogP contribution < -0.4 is 5.32 Å². The topological polar surface area (TPSA) is 62.2 Å². The van der Waals surface area contributed by atoms with Gasteiger partial charge < -0.3 is 10.4 Å².